The minimum Gasteiger partial charge on any atom is -0.389 e. The lowest BCUT2D eigenvalue weighted by Gasteiger charge is -2.28. The summed E-state index contributed by atoms with van der Waals surface area (Å²) in [4.78, 5) is 4.62. The van der Waals surface area contributed by atoms with Crippen molar-refractivity contribution in [1.82, 2.24) is 4.90 Å². The van der Waals surface area contributed by atoms with Crippen molar-refractivity contribution in [3.63, 3.8) is 0 Å². The molecule has 3 nitrogen and oxygen atoms in total. The summed E-state index contributed by atoms with van der Waals surface area (Å²) in [6, 6.07) is 6.41. The Morgan fingerprint density at radius 1 is 1.53 bits per heavy atom. The van der Waals surface area contributed by atoms with E-state index in [1.54, 1.807) is 6.92 Å². The van der Waals surface area contributed by atoms with E-state index in [1.165, 1.54) is 19.4 Å². The van der Waals surface area contributed by atoms with E-state index in [9.17, 15) is 5.11 Å². The van der Waals surface area contributed by atoms with Crippen LogP contribution in [-0.2, 0) is 0 Å². The molecule has 1 heterocycles. The molecule has 1 aromatic rings. The maximum absolute atomic E-state index is 9.56. The van der Waals surface area contributed by atoms with Crippen LogP contribution in [0.5, 0.6) is 0 Å². The van der Waals surface area contributed by atoms with Crippen LogP contribution >= 0.6 is 11.6 Å². The summed E-state index contributed by atoms with van der Waals surface area (Å²) in [6.07, 6.45) is 2.06. The van der Waals surface area contributed by atoms with Crippen LogP contribution in [0.25, 0.3) is 0 Å². The van der Waals surface area contributed by atoms with Crippen molar-refractivity contribution in [2.75, 3.05) is 32.1 Å². The molecule has 1 aliphatic heterocycles. The molecule has 1 fully saturated rings. The van der Waals surface area contributed by atoms with Crippen molar-refractivity contribution in [3.05, 3.63) is 28.8 Å². The number of likely N-dealkylation sites (N-methyl/N-ethyl adjacent to an activating group) is 2. The summed E-state index contributed by atoms with van der Waals surface area (Å²) in [5, 5.41) is 10.3. The Bertz CT molecular complexity index is 436. The Morgan fingerprint density at radius 2 is 2.26 bits per heavy atom. The van der Waals surface area contributed by atoms with Gasteiger partial charge in [-0.15, -0.1) is 0 Å². The van der Waals surface area contributed by atoms with Crippen LogP contribution in [0.4, 0.5) is 5.69 Å². The van der Waals surface area contributed by atoms with Gasteiger partial charge < -0.3 is 14.9 Å². The molecule has 1 N–H and O–H groups in total. The van der Waals surface area contributed by atoms with Crippen molar-refractivity contribution in [3.8, 4) is 0 Å². The molecule has 0 aromatic heterocycles. The highest BCUT2D eigenvalue weighted by molar-refractivity contribution is 6.33. The van der Waals surface area contributed by atoms with Crippen molar-refractivity contribution in [2.24, 2.45) is 0 Å². The molecule has 4 heteroatoms. The van der Waals surface area contributed by atoms with E-state index in [2.05, 4.69) is 23.9 Å². The van der Waals surface area contributed by atoms with Gasteiger partial charge in [0.25, 0.3) is 0 Å². The number of hydrogen-bond donors (Lipinski definition) is 1. The summed E-state index contributed by atoms with van der Waals surface area (Å²) in [5.74, 6) is 0. The van der Waals surface area contributed by atoms with Crippen LogP contribution in [0.2, 0.25) is 5.02 Å². The van der Waals surface area contributed by atoms with E-state index in [0.29, 0.717) is 11.1 Å². The van der Waals surface area contributed by atoms with E-state index in [0.717, 1.165) is 17.8 Å². The number of nitrogens with zero attached hydrogens (tertiary/aromatic N) is 2. The van der Waals surface area contributed by atoms with E-state index in [4.69, 9.17) is 11.6 Å². The number of likely N-dealkylation sites (tertiary alicyclic amines) is 1. The topological polar surface area (TPSA) is 26.7 Å². The van der Waals surface area contributed by atoms with Crippen LogP contribution in [0, 0.1) is 0 Å². The maximum atomic E-state index is 9.56. The van der Waals surface area contributed by atoms with Gasteiger partial charge in [0.15, 0.2) is 0 Å². The molecule has 2 rings (SSSR count). The molecule has 0 saturated carbocycles. The Balaban J connectivity index is 2.08. The maximum Gasteiger partial charge on any atom is 0.0762 e. The van der Waals surface area contributed by atoms with Gasteiger partial charge in [0.1, 0.15) is 0 Å². The molecule has 0 amide bonds. The van der Waals surface area contributed by atoms with Crippen molar-refractivity contribution < 1.29 is 5.11 Å². The lowest BCUT2D eigenvalue weighted by atomic mass is 10.1. The third-order valence-electron chi connectivity index (χ3n) is 4.02. The predicted octanol–water partition coefficient (Wildman–Crippen LogP) is 2.92. The quantitative estimate of drug-likeness (QED) is 0.920. The van der Waals surface area contributed by atoms with Gasteiger partial charge in [-0.2, -0.15) is 0 Å². The highest BCUT2D eigenvalue weighted by Gasteiger charge is 2.22. The number of benzene rings is 1. The fourth-order valence-corrected chi connectivity index (χ4v) is 3.05. The first-order valence-electron chi connectivity index (χ1n) is 6.88. The lowest BCUT2D eigenvalue weighted by Crippen LogP contribution is -2.36. The van der Waals surface area contributed by atoms with Crippen LogP contribution < -0.4 is 4.90 Å². The summed E-state index contributed by atoms with van der Waals surface area (Å²) in [7, 11) is 4.26. The fraction of sp³-hybridized carbons (Fsp3) is 0.600. The second-order valence-electron chi connectivity index (χ2n) is 5.54. The second kappa shape index (κ2) is 6.12. The van der Waals surface area contributed by atoms with Gasteiger partial charge in [0, 0.05) is 19.6 Å². The van der Waals surface area contributed by atoms with E-state index >= 15 is 0 Å². The van der Waals surface area contributed by atoms with Crippen LogP contribution in [0.15, 0.2) is 18.2 Å². The van der Waals surface area contributed by atoms with Gasteiger partial charge in [-0.3, -0.25) is 0 Å². The second-order valence-corrected chi connectivity index (χ2v) is 5.95. The lowest BCUT2D eigenvalue weighted by molar-refractivity contribution is 0.199. The first kappa shape index (κ1) is 14.6. The molecule has 2 atom stereocenters. The Kier molecular flexibility index (Phi) is 4.71. The zero-order valence-corrected chi connectivity index (χ0v) is 12.7. The Morgan fingerprint density at radius 3 is 2.79 bits per heavy atom. The minimum atomic E-state index is -0.474. The molecule has 1 saturated heterocycles. The molecule has 1 aromatic carbocycles. The van der Waals surface area contributed by atoms with Crippen LogP contribution in [0.3, 0.4) is 0 Å². The molecule has 0 aliphatic carbocycles. The van der Waals surface area contributed by atoms with E-state index < -0.39 is 6.10 Å². The molecule has 0 radical (unpaired) electrons. The van der Waals surface area contributed by atoms with E-state index in [1.807, 2.05) is 18.2 Å². The van der Waals surface area contributed by atoms with Crippen LogP contribution in [-0.4, -0.2) is 43.2 Å². The smallest absolute Gasteiger partial charge is 0.0762 e. The number of rotatable bonds is 4. The summed E-state index contributed by atoms with van der Waals surface area (Å²) in [5.41, 5.74) is 1.89. The number of halogens is 1. The highest BCUT2D eigenvalue weighted by atomic mass is 35.5. The normalized spacial score (nSPS) is 21.6. The van der Waals surface area contributed by atoms with Gasteiger partial charge in [-0.1, -0.05) is 17.7 Å². The largest absolute Gasteiger partial charge is 0.389 e. The Labute approximate surface area is 120 Å². The van der Waals surface area contributed by atoms with Gasteiger partial charge in [0.2, 0.25) is 0 Å². The molecule has 19 heavy (non-hydrogen) atoms. The highest BCUT2D eigenvalue weighted by Crippen LogP contribution is 2.29. The van der Waals surface area contributed by atoms with Crippen molar-refractivity contribution in [2.45, 2.75) is 31.9 Å². The number of anilines is 1. The first-order valence-corrected chi connectivity index (χ1v) is 7.25. The standard InChI is InChI=1S/C15H23ClN2O/c1-11(19)12-6-7-15(14(16)9-12)18(3)10-13-5-4-8-17(13)2/h6-7,9,11,13,19H,4-5,8,10H2,1-3H3. The SMILES string of the molecule is CC(O)c1ccc(N(C)CC2CCCN2C)c(Cl)c1. The number of aliphatic hydroxyl groups excluding tert-OH is 1. The third kappa shape index (κ3) is 3.41. The Hall–Kier alpha value is -0.770. The summed E-state index contributed by atoms with van der Waals surface area (Å²) >= 11 is 6.32. The molecule has 0 spiro atoms. The summed E-state index contributed by atoms with van der Waals surface area (Å²) in [6.45, 7) is 3.93. The fourth-order valence-electron chi connectivity index (χ4n) is 2.72. The van der Waals surface area contributed by atoms with Gasteiger partial charge in [-0.25, -0.2) is 0 Å². The molecule has 2 unspecified atom stereocenters. The monoisotopic (exact) mass is 282 g/mol. The van der Waals surface area contributed by atoms with Gasteiger partial charge in [0.05, 0.1) is 16.8 Å². The van der Waals surface area contributed by atoms with E-state index in [-0.39, 0.29) is 0 Å². The minimum absolute atomic E-state index is 0.474. The average Bonchev–Trinajstić information content (AvgIpc) is 2.74. The van der Waals surface area contributed by atoms with Crippen molar-refractivity contribution >= 4 is 17.3 Å². The predicted molar refractivity (Wildman–Crippen MR) is 81.0 cm³/mol. The zero-order valence-electron chi connectivity index (χ0n) is 11.9. The molecule has 106 valence electrons. The van der Waals surface area contributed by atoms with Crippen molar-refractivity contribution in [1.29, 1.82) is 0 Å². The molecule has 0 bridgehead atoms. The number of aliphatic hydroxyl groups is 1. The van der Waals surface area contributed by atoms with Crippen LogP contribution in [0.1, 0.15) is 31.4 Å². The molecular weight excluding hydrogens is 260 g/mol. The van der Waals surface area contributed by atoms with Gasteiger partial charge in [-0.05, 0) is 51.1 Å². The molecule has 1 aliphatic rings. The summed E-state index contributed by atoms with van der Waals surface area (Å²) < 4.78 is 0. The average molecular weight is 283 g/mol. The van der Waals surface area contributed by atoms with Gasteiger partial charge >= 0.3 is 0 Å². The zero-order chi connectivity index (χ0) is 14.0. The first-order chi connectivity index (χ1) is 8.99. The molecular formula is C15H23ClN2O. The number of hydrogen-bond acceptors (Lipinski definition) is 3. The third-order valence-corrected chi connectivity index (χ3v) is 4.32.